The Labute approximate surface area is 113 Å². The third-order valence-corrected chi connectivity index (χ3v) is 2.62. The summed E-state index contributed by atoms with van der Waals surface area (Å²) in [5.41, 5.74) is 0.455. The maximum absolute atomic E-state index is 9.73. The second-order valence-electron chi connectivity index (χ2n) is 4.52. The number of rotatable bonds is 8. The van der Waals surface area contributed by atoms with E-state index in [-0.39, 0.29) is 19.1 Å². The Morgan fingerprint density at radius 1 is 1.37 bits per heavy atom. The normalized spacial score (nSPS) is 13.6. The van der Waals surface area contributed by atoms with Crippen molar-refractivity contribution in [2.24, 2.45) is 5.92 Å². The van der Waals surface area contributed by atoms with Crippen molar-refractivity contribution in [1.82, 2.24) is 5.32 Å². The fraction of sp³-hybridized carbons (Fsp3) is 0.500. The Morgan fingerprint density at radius 3 is 2.79 bits per heavy atom. The molecule has 1 aromatic carbocycles. The van der Waals surface area contributed by atoms with E-state index in [4.69, 9.17) is 15.1 Å². The average molecular weight is 264 g/mol. The Morgan fingerprint density at radius 2 is 2.11 bits per heavy atom. The fourth-order valence-corrected chi connectivity index (χ4v) is 1.49. The van der Waals surface area contributed by atoms with Crippen molar-refractivity contribution < 1.29 is 14.9 Å². The Balaban J connectivity index is 2.30. The van der Waals surface area contributed by atoms with Crippen LogP contribution in [0.2, 0.25) is 0 Å². The largest absolute Gasteiger partial charge is 0.489 e. The molecule has 0 aromatic heterocycles. The van der Waals surface area contributed by atoms with Crippen molar-refractivity contribution in [3.8, 4) is 11.8 Å². The van der Waals surface area contributed by atoms with E-state index in [0.717, 1.165) is 0 Å². The van der Waals surface area contributed by atoms with Crippen LogP contribution in [0.4, 0.5) is 0 Å². The molecule has 19 heavy (non-hydrogen) atoms. The summed E-state index contributed by atoms with van der Waals surface area (Å²) in [7, 11) is 0. The topological polar surface area (TPSA) is 85.5 Å². The third-order valence-electron chi connectivity index (χ3n) is 2.62. The first-order chi connectivity index (χ1) is 9.17. The van der Waals surface area contributed by atoms with Crippen molar-refractivity contribution in [3.05, 3.63) is 29.8 Å². The van der Waals surface area contributed by atoms with Gasteiger partial charge in [-0.05, 0) is 24.6 Å². The number of nitrogens with one attached hydrogen (secondary N) is 1. The average Bonchev–Trinajstić information content (AvgIpc) is 2.45. The van der Waals surface area contributed by atoms with E-state index >= 15 is 0 Å². The van der Waals surface area contributed by atoms with Crippen molar-refractivity contribution in [1.29, 1.82) is 5.26 Å². The number of benzene rings is 1. The van der Waals surface area contributed by atoms with E-state index in [0.29, 0.717) is 24.4 Å². The lowest BCUT2D eigenvalue weighted by Crippen LogP contribution is -2.34. The Hall–Kier alpha value is -1.61. The summed E-state index contributed by atoms with van der Waals surface area (Å²) in [4.78, 5) is 0. The number of ether oxygens (including phenoxy) is 1. The van der Waals surface area contributed by atoms with Crippen molar-refractivity contribution in [3.63, 3.8) is 0 Å². The molecule has 0 aliphatic carbocycles. The number of hydrogen-bond donors (Lipinski definition) is 3. The van der Waals surface area contributed by atoms with Crippen LogP contribution < -0.4 is 10.1 Å². The van der Waals surface area contributed by atoms with Gasteiger partial charge in [0.15, 0.2) is 0 Å². The highest BCUT2D eigenvalue weighted by atomic mass is 16.5. The zero-order chi connectivity index (χ0) is 14.1. The van der Waals surface area contributed by atoms with Crippen molar-refractivity contribution >= 4 is 0 Å². The van der Waals surface area contributed by atoms with Crippen LogP contribution >= 0.6 is 0 Å². The molecular formula is C14H20N2O3. The predicted octanol–water partition coefficient (Wildman–Crippen LogP) is 0.516. The molecule has 2 atom stereocenters. The van der Waals surface area contributed by atoms with Crippen LogP contribution in [0.5, 0.6) is 5.75 Å². The molecule has 5 heteroatoms. The number of aliphatic hydroxyl groups is 2. The monoisotopic (exact) mass is 264 g/mol. The fourth-order valence-electron chi connectivity index (χ4n) is 1.49. The van der Waals surface area contributed by atoms with Crippen LogP contribution in [-0.2, 0) is 0 Å². The smallest absolute Gasteiger partial charge is 0.137 e. The molecule has 0 radical (unpaired) electrons. The number of para-hydroxylation sites is 1. The molecule has 0 heterocycles. The van der Waals surface area contributed by atoms with Gasteiger partial charge in [0.05, 0.1) is 5.56 Å². The van der Waals surface area contributed by atoms with E-state index in [1.165, 1.54) is 0 Å². The molecule has 0 spiro atoms. The lowest BCUT2D eigenvalue weighted by Gasteiger charge is -2.15. The first-order valence-corrected chi connectivity index (χ1v) is 6.29. The van der Waals surface area contributed by atoms with Crippen LogP contribution in [0, 0.1) is 17.2 Å². The van der Waals surface area contributed by atoms with Gasteiger partial charge in [0.1, 0.15) is 24.5 Å². The first kappa shape index (κ1) is 15.4. The minimum Gasteiger partial charge on any atom is -0.489 e. The van der Waals surface area contributed by atoms with Crippen molar-refractivity contribution in [2.75, 3.05) is 26.3 Å². The second-order valence-corrected chi connectivity index (χ2v) is 4.52. The third kappa shape index (κ3) is 5.71. The molecule has 0 fully saturated rings. The number of nitriles is 1. The van der Waals surface area contributed by atoms with Gasteiger partial charge in [-0.1, -0.05) is 19.1 Å². The summed E-state index contributed by atoms with van der Waals surface area (Å²) in [6, 6.07) is 8.95. The van der Waals surface area contributed by atoms with Crippen LogP contribution in [0.25, 0.3) is 0 Å². The van der Waals surface area contributed by atoms with Gasteiger partial charge in [-0.2, -0.15) is 5.26 Å². The highest BCUT2D eigenvalue weighted by Crippen LogP contribution is 2.16. The SMILES string of the molecule is CC(CO)CNCC(O)COc1ccccc1C#N. The van der Waals surface area contributed by atoms with Gasteiger partial charge >= 0.3 is 0 Å². The molecule has 104 valence electrons. The summed E-state index contributed by atoms with van der Waals surface area (Å²) in [6.45, 7) is 3.19. The van der Waals surface area contributed by atoms with Gasteiger partial charge in [-0.3, -0.25) is 0 Å². The zero-order valence-electron chi connectivity index (χ0n) is 11.0. The van der Waals surface area contributed by atoms with Gasteiger partial charge < -0.3 is 20.3 Å². The number of aliphatic hydroxyl groups excluding tert-OH is 2. The summed E-state index contributed by atoms with van der Waals surface area (Å²) in [5, 5.41) is 30.5. The van der Waals surface area contributed by atoms with Crippen molar-refractivity contribution in [2.45, 2.75) is 13.0 Å². The van der Waals surface area contributed by atoms with E-state index in [1.807, 2.05) is 13.0 Å². The Bertz CT molecular complexity index is 417. The molecule has 0 bridgehead atoms. The quantitative estimate of drug-likeness (QED) is 0.637. The van der Waals surface area contributed by atoms with E-state index in [1.54, 1.807) is 24.3 Å². The minimum absolute atomic E-state index is 0.120. The molecule has 0 saturated heterocycles. The summed E-state index contributed by atoms with van der Waals surface area (Å²) in [5.74, 6) is 0.639. The maximum Gasteiger partial charge on any atom is 0.137 e. The molecule has 0 aliphatic rings. The molecule has 3 N–H and O–H groups in total. The van der Waals surface area contributed by atoms with E-state index < -0.39 is 6.10 Å². The minimum atomic E-state index is -0.655. The van der Waals surface area contributed by atoms with Gasteiger partial charge in [0.25, 0.3) is 0 Å². The molecule has 5 nitrogen and oxygen atoms in total. The lowest BCUT2D eigenvalue weighted by atomic mass is 10.2. The molecule has 1 aromatic rings. The predicted molar refractivity (Wildman–Crippen MR) is 71.8 cm³/mol. The van der Waals surface area contributed by atoms with E-state index in [2.05, 4.69) is 5.32 Å². The highest BCUT2D eigenvalue weighted by Gasteiger charge is 2.08. The highest BCUT2D eigenvalue weighted by molar-refractivity contribution is 5.42. The maximum atomic E-state index is 9.73. The first-order valence-electron chi connectivity index (χ1n) is 6.29. The summed E-state index contributed by atoms with van der Waals surface area (Å²) < 4.78 is 5.41. The zero-order valence-corrected chi connectivity index (χ0v) is 11.0. The molecule has 0 amide bonds. The number of nitrogens with zero attached hydrogens (tertiary/aromatic N) is 1. The molecule has 0 aliphatic heterocycles. The van der Waals surface area contributed by atoms with Gasteiger partial charge in [0.2, 0.25) is 0 Å². The standard InChI is InChI=1S/C14H20N2O3/c1-11(9-17)7-16-8-13(18)10-19-14-5-3-2-4-12(14)6-15/h2-5,11,13,16-18H,7-10H2,1H3. The second kappa shape index (κ2) is 8.48. The summed E-state index contributed by atoms with van der Waals surface area (Å²) >= 11 is 0. The molecule has 0 saturated carbocycles. The summed E-state index contributed by atoms with van der Waals surface area (Å²) in [6.07, 6.45) is -0.655. The lowest BCUT2D eigenvalue weighted by molar-refractivity contribution is 0.104. The van der Waals surface area contributed by atoms with Gasteiger partial charge in [-0.25, -0.2) is 0 Å². The Kier molecular flexibility index (Phi) is 6.90. The van der Waals surface area contributed by atoms with Crippen LogP contribution in [0.3, 0.4) is 0 Å². The number of hydrogen-bond acceptors (Lipinski definition) is 5. The van der Waals surface area contributed by atoms with E-state index in [9.17, 15) is 5.11 Å². The molecule has 1 rings (SSSR count). The van der Waals surface area contributed by atoms with Crippen LogP contribution in [-0.4, -0.2) is 42.6 Å². The van der Waals surface area contributed by atoms with Gasteiger partial charge in [-0.15, -0.1) is 0 Å². The molecular weight excluding hydrogens is 244 g/mol. The van der Waals surface area contributed by atoms with Crippen LogP contribution in [0.1, 0.15) is 12.5 Å². The van der Waals surface area contributed by atoms with Gasteiger partial charge in [0, 0.05) is 13.2 Å². The molecule has 2 unspecified atom stereocenters. The van der Waals surface area contributed by atoms with Crippen LogP contribution in [0.15, 0.2) is 24.3 Å².